The monoisotopic (exact) mass is 314 g/mol. The third kappa shape index (κ3) is 2.36. The van der Waals surface area contributed by atoms with Crippen molar-refractivity contribution in [2.45, 2.75) is 12.5 Å². The highest BCUT2D eigenvalue weighted by Crippen LogP contribution is 2.30. The summed E-state index contributed by atoms with van der Waals surface area (Å²) in [6.07, 6.45) is 4.18. The fraction of sp³-hybridized carbons (Fsp3) is 0.286. The maximum Gasteiger partial charge on any atom is 0.263 e. The van der Waals surface area contributed by atoms with Crippen LogP contribution < -0.4 is 10.6 Å². The molecule has 1 aliphatic heterocycles. The molecule has 0 unspecified atom stereocenters. The van der Waals surface area contributed by atoms with Crippen LogP contribution in [0.4, 0.5) is 5.82 Å². The predicted molar refractivity (Wildman–Crippen MR) is 83.4 cm³/mol. The average Bonchev–Trinajstić information content (AvgIpc) is 3.28. The highest BCUT2D eigenvalue weighted by Gasteiger charge is 2.25. The SMILES string of the molecule is N[C@@H]1CCN(c2ncncc2-c2nc(-c3ccsc3)no2)C1. The van der Waals surface area contributed by atoms with Crippen LogP contribution in [-0.4, -0.2) is 39.2 Å². The number of rotatable bonds is 3. The van der Waals surface area contributed by atoms with Gasteiger partial charge in [0.25, 0.3) is 5.89 Å². The second-order valence-corrected chi connectivity index (χ2v) is 5.97. The number of anilines is 1. The van der Waals surface area contributed by atoms with E-state index in [1.165, 1.54) is 6.33 Å². The Morgan fingerprint density at radius 2 is 2.36 bits per heavy atom. The molecule has 112 valence electrons. The fourth-order valence-corrected chi connectivity index (χ4v) is 3.18. The molecule has 1 saturated heterocycles. The molecule has 3 aromatic rings. The van der Waals surface area contributed by atoms with Crippen LogP contribution in [0.3, 0.4) is 0 Å². The van der Waals surface area contributed by atoms with E-state index in [0.29, 0.717) is 11.7 Å². The molecule has 8 heteroatoms. The summed E-state index contributed by atoms with van der Waals surface area (Å²) >= 11 is 1.59. The van der Waals surface area contributed by atoms with Crippen LogP contribution in [0.1, 0.15) is 6.42 Å². The van der Waals surface area contributed by atoms with Crippen LogP contribution >= 0.6 is 11.3 Å². The molecule has 0 aliphatic carbocycles. The first kappa shape index (κ1) is 13.4. The van der Waals surface area contributed by atoms with Crippen molar-refractivity contribution < 1.29 is 4.52 Å². The number of nitrogens with zero attached hydrogens (tertiary/aromatic N) is 5. The van der Waals surface area contributed by atoms with Crippen LogP contribution in [0.25, 0.3) is 22.8 Å². The molecule has 7 nitrogen and oxygen atoms in total. The Hall–Kier alpha value is -2.32. The molecule has 0 saturated carbocycles. The predicted octanol–water partition coefficient (Wildman–Crippen LogP) is 1.79. The molecule has 4 heterocycles. The van der Waals surface area contributed by atoms with Gasteiger partial charge in [-0.2, -0.15) is 16.3 Å². The first-order valence-corrected chi connectivity index (χ1v) is 7.93. The molecule has 2 N–H and O–H groups in total. The fourth-order valence-electron chi connectivity index (χ4n) is 2.55. The molecular weight excluding hydrogens is 300 g/mol. The highest BCUT2D eigenvalue weighted by molar-refractivity contribution is 7.08. The molecule has 0 bridgehead atoms. The molecule has 0 radical (unpaired) electrons. The lowest BCUT2D eigenvalue weighted by Gasteiger charge is -2.18. The summed E-state index contributed by atoms with van der Waals surface area (Å²) in [5.74, 6) is 1.80. The molecule has 1 atom stereocenters. The van der Waals surface area contributed by atoms with Gasteiger partial charge in [0.1, 0.15) is 17.7 Å². The van der Waals surface area contributed by atoms with Crippen molar-refractivity contribution in [2.75, 3.05) is 18.0 Å². The van der Waals surface area contributed by atoms with Gasteiger partial charge in [-0.1, -0.05) is 5.16 Å². The van der Waals surface area contributed by atoms with Crippen LogP contribution in [0.5, 0.6) is 0 Å². The van der Waals surface area contributed by atoms with Gasteiger partial charge < -0.3 is 15.2 Å². The third-order valence-electron chi connectivity index (χ3n) is 3.65. The van der Waals surface area contributed by atoms with Crippen molar-refractivity contribution in [3.63, 3.8) is 0 Å². The number of hydrogen-bond acceptors (Lipinski definition) is 8. The summed E-state index contributed by atoms with van der Waals surface area (Å²) in [6.45, 7) is 1.65. The Morgan fingerprint density at radius 1 is 1.41 bits per heavy atom. The molecular formula is C14H14N6OS. The van der Waals surface area contributed by atoms with Gasteiger partial charge in [-0.15, -0.1) is 0 Å². The van der Waals surface area contributed by atoms with E-state index >= 15 is 0 Å². The summed E-state index contributed by atoms with van der Waals surface area (Å²) in [7, 11) is 0. The van der Waals surface area contributed by atoms with Gasteiger partial charge in [-0.25, -0.2) is 9.97 Å². The zero-order valence-corrected chi connectivity index (χ0v) is 12.5. The van der Waals surface area contributed by atoms with E-state index in [-0.39, 0.29) is 6.04 Å². The van der Waals surface area contributed by atoms with Gasteiger partial charge in [0.2, 0.25) is 5.82 Å². The quantitative estimate of drug-likeness (QED) is 0.787. The minimum Gasteiger partial charge on any atom is -0.354 e. The number of nitrogens with two attached hydrogens (primary N) is 1. The van der Waals surface area contributed by atoms with E-state index in [0.717, 1.165) is 36.5 Å². The van der Waals surface area contributed by atoms with Crippen molar-refractivity contribution in [2.24, 2.45) is 5.73 Å². The van der Waals surface area contributed by atoms with Crippen molar-refractivity contribution in [3.05, 3.63) is 29.4 Å². The van der Waals surface area contributed by atoms with Crippen molar-refractivity contribution in [3.8, 4) is 22.8 Å². The maximum atomic E-state index is 5.98. The standard InChI is InChI=1S/C14H14N6OS/c15-10-1-3-20(6-10)13-11(5-16-8-17-13)14-18-12(19-21-14)9-2-4-22-7-9/h2,4-5,7-8,10H,1,3,6,15H2/t10-/m1/s1. The Kier molecular flexibility index (Phi) is 3.32. The molecule has 0 amide bonds. The molecule has 1 fully saturated rings. The van der Waals surface area contributed by atoms with Crippen molar-refractivity contribution in [1.82, 2.24) is 20.1 Å². The van der Waals surface area contributed by atoms with Crippen molar-refractivity contribution >= 4 is 17.2 Å². The van der Waals surface area contributed by atoms with E-state index in [1.807, 2.05) is 16.8 Å². The molecule has 1 aliphatic rings. The van der Waals surface area contributed by atoms with E-state index in [1.54, 1.807) is 17.5 Å². The largest absolute Gasteiger partial charge is 0.354 e. The highest BCUT2D eigenvalue weighted by atomic mass is 32.1. The normalized spacial score (nSPS) is 18.0. The summed E-state index contributed by atoms with van der Waals surface area (Å²) in [5.41, 5.74) is 7.67. The Labute approximate surface area is 130 Å². The lowest BCUT2D eigenvalue weighted by molar-refractivity contribution is 0.432. The summed E-state index contributed by atoms with van der Waals surface area (Å²) in [4.78, 5) is 15.1. The van der Waals surface area contributed by atoms with Gasteiger partial charge >= 0.3 is 0 Å². The molecule has 4 rings (SSSR count). The third-order valence-corrected chi connectivity index (χ3v) is 4.33. The van der Waals surface area contributed by atoms with Crippen molar-refractivity contribution in [1.29, 1.82) is 0 Å². The Morgan fingerprint density at radius 3 is 3.14 bits per heavy atom. The summed E-state index contributed by atoms with van der Waals surface area (Å²) < 4.78 is 5.41. The molecule has 0 spiro atoms. The second kappa shape index (κ2) is 5.47. The number of thiophene rings is 1. The smallest absolute Gasteiger partial charge is 0.263 e. The first-order chi connectivity index (χ1) is 10.8. The van der Waals surface area contributed by atoms with Gasteiger partial charge in [0, 0.05) is 36.3 Å². The average molecular weight is 314 g/mol. The van der Waals surface area contributed by atoms with Crippen LogP contribution in [0.15, 0.2) is 33.9 Å². The summed E-state index contributed by atoms with van der Waals surface area (Å²) in [5, 5.41) is 8.00. The van der Waals surface area contributed by atoms with Crippen LogP contribution in [0, 0.1) is 0 Å². The van der Waals surface area contributed by atoms with Crippen LogP contribution in [0.2, 0.25) is 0 Å². The maximum absolute atomic E-state index is 5.98. The van der Waals surface area contributed by atoms with E-state index < -0.39 is 0 Å². The van der Waals surface area contributed by atoms with Gasteiger partial charge in [-0.3, -0.25) is 0 Å². The number of aromatic nitrogens is 4. The zero-order chi connectivity index (χ0) is 14.9. The summed E-state index contributed by atoms with van der Waals surface area (Å²) in [6, 6.07) is 2.13. The van der Waals surface area contributed by atoms with Crippen LogP contribution in [-0.2, 0) is 0 Å². The minimum absolute atomic E-state index is 0.173. The van der Waals surface area contributed by atoms with Gasteiger partial charge in [0.05, 0.1) is 0 Å². The van der Waals surface area contributed by atoms with E-state index in [2.05, 4.69) is 25.0 Å². The Balaban J connectivity index is 1.71. The molecule has 22 heavy (non-hydrogen) atoms. The molecule has 3 aromatic heterocycles. The minimum atomic E-state index is 0.173. The lowest BCUT2D eigenvalue weighted by Crippen LogP contribution is -2.27. The van der Waals surface area contributed by atoms with E-state index in [4.69, 9.17) is 10.3 Å². The lowest BCUT2D eigenvalue weighted by atomic mass is 10.3. The zero-order valence-electron chi connectivity index (χ0n) is 11.7. The Bertz CT molecular complexity index is 771. The topological polar surface area (TPSA) is 94.0 Å². The van der Waals surface area contributed by atoms with Gasteiger partial charge in [-0.05, 0) is 17.9 Å². The van der Waals surface area contributed by atoms with Gasteiger partial charge in [0.15, 0.2) is 0 Å². The number of hydrogen-bond donors (Lipinski definition) is 1. The first-order valence-electron chi connectivity index (χ1n) is 6.98. The molecule has 0 aromatic carbocycles. The second-order valence-electron chi connectivity index (χ2n) is 5.19. The van der Waals surface area contributed by atoms with E-state index in [9.17, 15) is 0 Å².